The van der Waals surface area contributed by atoms with E-state index < -0.39 is 15.6 Å². The third kappa shape index (κ3) is 2.84. The maximum absolute atomic E-state index is 12.4. The summed E-state index contributed by atoms with van der Waals surface area (Å²) in [6.07, 6.45) is 1.98. The van der Waals surface area contributed by atoms with Crippen LogP contribution in [0.25, 0.3) is 0 Å². The Morgan fingerprint density at radius 3 is 2.68 bits per heavy atom. The van der Waals surface area contributed by atoms with Crippen molar-refractivity contribution in [3.63, 3.8) is 0 Å². The molecule has 1 aromatic heterocycles. The van der Waals surface area contributed by atoms with Crippen molar-refractivity contribution in [2.45, 2.75) is 17.4 Å². The fraction of sp³-hybridized carbons (Fsp3) is 0.545. The first-order valence-electron chi connectivity index (χ1n) is 5.87. The summed E-state index contributed by atoms with van der Waals surface area (Å²) in [5.74, 6) is 0. The molecule has 0 radical (unpaired) electrons. The molecule has 19 heavy (non-hydrogen) atoms. The first-order chi connectivity index (χ1) is 8.82. The number of aromatic amines is 1. The maximum atomic E-state index is 12.4. The number of rotatable bonds is 3. The van der Waals surface area contributed by atoms with Crippen LogP contribution in [0.4, 0.5) is 0 Å². The molecule has 0 aromatic carbocycles. The molecule has 1 aliphatic rings. The molecule has 1 unspecified atom stereocenters. The van der Waals surface area contributed by atoms with Gasteiger partial charge in [0.1, 0.15) is 5.02 Å². The zero-order chi connectivity index (χ0) is 14.2. The second-order valence-corrected chi connectivity index (χ2v) is 7.13. The summed E-state index contributed by atoms with van der Waals surface area (Å²) < 4.78 is 26.2. The number of sulfonamides is 1. The largest absolute Gasteiger partial charge is 0.326 e. The predicted molar refractivity (Wildman–Crippen MR) is 72.9 cm³/mol. The summed E-state index contributed by atoms with van der Waals surface area (Å²) in [5.41, 5.74) is -0.492. The van der Waals surface area contributed by atoms with Gasteiger partial charge >= 0.3 is 0 Å². The van der Waals surface area contributed by atoms with Crippen LogP contribution >= 0.6 is 11.6 Å². The molecule has 0 bridgehead atoms. The lowest BCUT2D eigenvalue weighted by atomic mass is 10.2. The minimum atomic E-state index is -3.59. The Morgan fingerprint density at radius 2 is 2.16 bits per heavy atom. The van der Waals surface area contributed by atoms with Gasteiger partial charge in [-0.05, 0) is 26.6 Å². The molecule has 0 spiro atoms. The highest BCUT2D eigenvalue weighted by atomic mass is 35.5. The summed E-state index contributed by atoms with van der Waals surface area (Å²) in [6, 6.07) is 1.41. The lowest BCUT2D eigenvalue weighted by Gasteiger charge is -2.20. The molecule has 1 aromatic rings. The Balaban J connectivity index is 2.28. The molecular weight excluding hydrogens is 290 g/mol. The third-order valence-corrected chi connectivity index (χ3v) is 5.45. The predicted octanol–water partition coefficient (Wildman–Crippen LogP) is 0.353. The van der Waals surface area contributed by atoms with Crippen molar-refractivity contribution in [1.29, 1.82) is 0 Å². The molecule has 2 heterocycles. The number of hydrogen-bond donors (Lipinski definition) is 1. The van der Waals surface area contributed by atoms with Crippen molar-refractivity contribution in [2.24, 2.45) is 0 Å². The summed E-state index contributed by atoms with van der Waals surface area (Å²) >= 11 is 5.67. The van der Waals surface area contributed by atoms with Crippen LogP contribution in [0.2, 0.25) is 5.02 Å². The Bertz CT molecular complexity index is 626. The van der Waals surface area contributed by atoms with E-state index in [2.05, 4.69) is 4.98 Å². The van der Waals surface area contributed by atoms with Crippen molar-refractivity contribution in [3.05, 3.63) is 27.6 Å². The van der Waals surface area contributed by atoms with Crippen LogP contribution in [0.15, 0.2) is 22.0 Å². The second-order valence-electron chi connectivity index (χ2n) is 4.78. The summed E-state index contributed by atoms with van der Waals surface area (Å²) in [6.45, 7) is 0.925. The smallest absolute Gasteiger partial charge is 0.266 e. The number of aromatic nitrogens is 1. The Labute approximate surface area is 117 Å². The van der Waals surface area contributed by atoms with Gasteiger partial charge in [0.2, 0.25) is 10.0 Å². The molecule has 0 amide bonds. The summed E-state index contributed by atoms with van der Waals surface area (Å²) in [7, 11) is 0.264. The lowest BCUT2D eigenvalue weighted by Crippen LogP contribution is -2.34. The number of nitrogens with zero attached hydrogens (tertiary/aromatic N) is 2. The van der Waals surface area contributed by atoms with E-state index in [4.69, 9.17) is 11.6 Å². The molecular formula is C11H16ClN3O3S. The molecule has 2 rings (SSSR count). The van der Waals surface area contributed by atoms with E-state index in [0.29, 0.717) is 13.1 Å². The molecule has 0 aliphatic carbocycles. The van der Waals surface area contributed by atoms with Gasteiger partial charge in [0.25, 0.3) is 5.56 Å². The minimum absolute atomic E-state index is 0.0245. The fourth-order valence-electron chi connectivity index (χ4n) is 2.09. The Kier molecular flexibility index (Phi) is 4.00. The normalized spacial score (nSPS) is 21.2. The van der Waals surface area contributed by atoms with Crippen molar-refractivity contribution in [3.8, 4) is 0 Å². The standard InChI is InChI=1S/C11H16ClN3O3S/c1-14(2)8-3-4-15(7-8)19(17,18)9-5-10(12)11(16)13-6-9/h5-6,8H,3-4,7H2,1-2H3,(H,13,16). The van der Waals surface area contributed by atoms with E-state index in [9.17, 15) is 13.2 Å². The first-order valence-corrected chi connectivity index (χ1v) is 7.69. The van der Waals surface area contributed by atoms with E-state index in [1.807, 2.05) is 19.0 Å². The number of likely N-dealkylation sites (N-methyl/N-ethyl adjacent to an activating group) is 1. The van der Waals surface area contributed by atoms with Gasteiger partial charge in [-0.2, -0.15) is 4.31 Å². The van der Waals surface area contributed by atoms with Crippen LogP contribution in [0, 0.1) is 0 Å². The van der Waals surface area contributed by atoms with Crippen LogP contribution in [0.3, 0.4) is 0 Å². The number of H-pyrrole nitrogens is 1. The fourth-order valence-corrected chi connectivity index (χ4v) is 3.81. The van der Waals surface area contributed by atoms with Crippen molar-refractivity contribution >= 4 is 21.6 Å². The molecule has 6 nitrogen and oxygen atoms in total. The van der Waals surface area contributed by atoms with Crippen LogP contribution < -0.4 is 5.56 Å². The third-order valence-electron chi connectivity index (χ3n) is 3.33. The first kappa shape index (κ1) is 14.5. The summed E-state index contributed by atoms with van der Waals surface area (Å²) in [4.78, 5) is 15.5. The van der Waals surface area contributed by atoms with E-state index in [0.717, 1.165) is 6.42 Å². The topological polar surface area (TPSA) is 73.5 Å². The molecule has 106 valence electrons. The van der Waals surface area contributed by atoms with E-state index in [1.54, 1.807) is 0 Å². The van der Waals surface area contributed by atoms with Crippen LogP contribution in [0.5, 0.6) is 0 Å². The van der Waals surface area contributed by atoms with Gasteiger partial charge in [-0.15, -0.1) is 0 Å². The van der Waals surface area contributed by atoms with Gasteiger partial charge in [-0.3, -0.25) is 4.79 Å². The van der Waals surface area contributed by atoms with Crippen LogP contribution in [-0.2, 0) is 10.0 Å². The minimum Gasteiger partial charge on any atom is -0.326 e. The molecule has 1 saturated heterocycles. The monoisotopic (exact) mass is 305 g/mol. The SMILES string of the molecule is CN(C)C1CCN(S(=O)(=O)c2c[nH]c(=O)c(Cl)c2)C1. The van der Waals surface area contributed by atoms with E-state index in [1.165, 1.54) is 16.6 Å². The van der Waals surface area contributed by atoms with Crippen LogP contribution in [-0.4, -0.2) is 55.8 Å². The molecule has 1 N–H and O–H groups in total. The van der Waals surface area contributed by atoms with Crippen molar-refractivity contribution in [2.75, 3.05) is 27.2 Å². The lowest BCUT2D eigenvalue weighted by molar-refractivity contribution is 0.302. The zero-order valence-electron chi connectivity index (χ0n) is 10.8. The van der Waals surface area contributed by atoms with E-state index in [-0.39, 0.29) is 16.0 Å². The molecule has 1 atom stereocenters. The maximum Gasteiger partial charge on any atom is 0.266 e. The van der Waals surface area contributed by atoms with E-state index >= 15 is 0 Å². The molecule has 1 fully saturated rings. The average molecular weight is 306 g/mol. The number of nitrogens with one attached hydrogen (secondary N) is 1. The van der Waals surface area contributed by atoms with Crippen molar-refractivity contribution in [1.82, 2.24) is 14.2 Å². The highest BCUT2D eigenvalue weighted by Gasteiger charge is 2.33. The number of halogens is 1. The molecule has 0 saturated carbocycles. The quantitative estimate of drug-likeness (QED) is 0.875. The van der Waals surface area contributed by atoms with Gasteiger partial charge in [0.15, 0.2) is 0 Å². The highest BCUT2D eigenvalue weighted by molar-refractivity contribution is 7.89. The van der Waals surface area contributed by atoms with Gasteiger partial charge < -0.3 is 9.88 Å². The van der Waals surface area contributed by atoms with Gasteiger partial charge in [0, 0.05) is 25.3 Å². The van der Waals surface area contributed by atoms with Crippen LogP contribution in [0.1, 0.15) is 6.42 Å². The van der Waals surface area contributed by atoms with Gasteiger partial charge in [-0.25, -0.2) is 8.42 Å². The summed E-state index contributed by atoms with van der Waals surface area (Å²) in [5, 5.41) is -0.121. The van der Waals surface area contributed by atoms with Gasteiger partial charge in [0.05, 0.1) is 4.90 Å². The zero-order valence-corrected chi connectivity index (χ0v) is 12.3. The number of pyridine rings is 1. The van der Waals surface area contributed by atoms with Crippen molar-refractivity contribution < 1.29 is 8.42 Å². The molecule has 8 heteroatoms. The average Bonchev–Trinajstić information content (AvgIpc) is 2.82. The number of hydrogen-bond acceptors (Lipinski definition) is 4. The molecule has 1 aliphatic heterocycles. The Morgan fingerprint density at radius 1 is 1.47 bits per heavy atom. The second kappa shape index (κ2) is 5.24. The highest BCUT2D eigenvalue weighted by Crippen LogP contribution is 2.22. The van der Waals surface area contributed by atoms with Gasteiger partial charge in [-0.1, -0.05) is 11.6 Å². The Hall–Kier alpha value is -0.890.